The van der Waals surface area contributed by atoms with Crippen molar-refractivity contribution in [1.29, 1.82) is 0 Å². The third kappa shape index (κ3) is 5.46. The zero-order valence-electron chi connectivity index (χ0n) is 17.5. The van der Waals surface area contributed by atoms with Crippen LogP contribution in [0.15, 0.2) is 46.3 Å². The second-order valence-electron chi connectivity index (χ2n) is 7.53. The molecule has 2 aromatic rings. The predicted octanol–water partition coefficient (Wildman–Crippen LogP) is 5.98. The summed E-state index contributed by atoms with van der Waals surface area (Å²) in [6.45, 7) is 13.1. The second kappa shape index (κ2) is 8.75. The van der Waals surface area contributed by atoms with E-state index in [1.165, 1.54) is 5.56 Å². The molecule has 0 saturated carbocycles. The van der Waals surface area contributed by atoms with Crippen molar-refractivity contribution < 1.29 is 4.79 Å². The molecule has 2 rings (SSSR count). The summed E-state index contributed by atoms with van der Waals surface area (Å²) in [5.74, 6) is 0.149. The van der Waals surface area contributed by atoms with Crippen molar-refractivity contribution in [3.8, 4) is 0 Å². The highest BCUT2D eigenvalue weighted by Crippen LogP contribution is 2.37. The lowest BCUT2D eigenvalue weighted by Crippen LogP contribution is -2.28. The van der Waals surface area contributed by atoms with Crippen LogP contribution in [0.5, 0.6) is 0 Å². The second-order valence-corrected chi connectivity index (χ2v) is 9.23. The molecule has 0 amide bonds. The molecule has 3 nitrogen and oxygen atoms in total. The van der Waals surface area contributed by atoms with Crippen LogP contribution >= 0.6 is 11.8 Å². The third-order valence-corrected chi connectivity index (χ3v) is 5.78. The fourth-order valence-electron chi connectivity index (χ4n) is 2.77. The van der Waals surface area contributed by atoms with Crippen LogP contribution in [0.1, 0.15) is 47.8 Å². The Labute approximate surface area is 167 Å². The van der Waals surface area contributed by atoms with E-state index in [2.05, 4.69) is 37.0 Å². The molecule has 0 aliphatic heterocycles. The Kier molecular flexibility index (Phi) is 6.88. The van der Waals surface area contributed by atoms with Gasteiger partial charge in [0.25, 0.3) is 0 Å². The standard InChI is InChI=1S/C23H30N2OS/c1-8-25(7)15-24-21-14-17(3)20(13-18(21)4)22(26)23(5,6)27-19-11-9-10-16(2)12-19/h9-15H,8H2,1-7H3/b24-15-. The summed E-state index contributed by atoms with van der Waals surface area (Å²) in [7, 11) is 1.99. The fourth-order valence-corrected chi connectivity index (χ4v) is 3.95. The number of hydrogen-bond acceptors (Lipinski definition) is 3. The monoisotopic (exact) mass is 382 g/mol. The number of hydrogen-bond donors (Lipinski definition) is 0. The average molecular weight is 383 g/mol. The first-order valence-electron chi connectivity index (χ1n) is 9.30. The molecule has 4 heteroatoms. The van der Waals surface area contributed by atoms with Gasteiger partial charge in [-0.15, -0.1) is 11.8 Å². The van der Waals surface area contributed by atoms with E-state index in [0.29, 0.717) is 0 Å². The van der Waals surface area contributed by atoms with Gasteiger partial charge in [-0.3, -0.25) is 4.79 Å². The highest BCUT2D eigenvalue weighted by atomic mass is 32.2. The summed E-state index contributed by atoms with van der Waals surface area (Å²) < 4.78 is -0.543. The molecule has 0 aromatic heterocycles. The number of nitrogens with zero attached hydrogens (tertiary/aromatic N) is 2. The summed E-state index contributed by atoms with van der Waals surface area (Å²) in [5.41, 5.74) is 4.87. The van der Waals surface area contributed by atoms with Gasteiger partial charge in [-0.25, -0.2) is 4.99 Å². The van der Waals surface area contributed by atoms with E-state index in [0.717, 1.165) is 33.8 Å². The molecular weight excluding hydrogens is 352 g/mol. The Morgan fingerprint density at radius 3 is 2.48 bits per heavy atom. The molecule has 2 aromatic carbocycles. The van der Waals surface area contributed by atoms with Crippen molar-refractivity contribution in [2.75, 3.05) is 13.6 Å². The first kappa shape index (κ1) is 21.2. The van der Waals surface area contributed by atoms with Crippen LogP contribution in [0.25, 0.3) is 0 Å². The molecule has 27 heavy (non-hydrogen) atoms. The smallest absolute Gasteiger partial charge is 0.178 e. The molecule has 0 aliphatic carbocycles. The van der Waals surface area contributed by atoms with Gasteiger partial charge in [0.15, 0.2) is 5.78 Å². The van der Waals surface area contributed by atoms with Crippen molar-refractivity contribution in [2.45, 2.75) is 51.2 Å². The number of ketones is 1. The van der Waals surface area contributed by atoms with Crippen LogP contribution in [0.3, 0.4) is 0 Å². The minimum Gasteiger partial charge on any atom is -0.366 e. The zero-order chi connectivity index (χ0) is 20.2. The number of carbonyl (C=O) groups is 1. The number of aryl methyl sites for hydroxylation is 3. The summed E-state index contributed by atoms with van der Waals surface area (Å²) >= 11 is 1.61. The van der Waals surface area contributed by atoms with Gasteiger partial charge < -0.3 is 4.90 Å². The summed E-state index contributed by atoms with van der Waals surface area (Å²) in [5, 5.41) is 0. The van der Waals surface area contributed by atoms with E-state index in [9.17, 15) is 4.79 Å². The van der Waals surface area contributed by atoms with E-state index in [1.807, 2.05) is 64.2 Å². The quantitative estimate of drug-likeness (QED) is 0.256. The van der Waals surface area contributed by atoms with E-state index >= 15 is 0 Å². The number of benzene rings is 2. The summed E-state index contributed by atoms with van der Waals surface area (Å²) in [4.78, 5) is 21.0. The molecule has 144 valence electrons. The van der Waals surface area contributed by atoms with Gasteiger partial charge in [-0.05, 0) is 76.9 Å². The molecular formula is C23H30N2OS. The van der Waals surface area contributed by atoms with Crippen LogP contribution in [0, 0.1) is 20.8 Å². The molecule has 0 fully saturated rings. The van der Waals surface area contributed by atoms with E-state index in [4.69, 9.17) is 0 Å². The molecule has 0 radical (unpaired) electrons. The third-order valence-electron chi connectivity index (χ3n) is 4.59. The minimum absolute atomic E-state index is 0.149. The number of carbonyl (C=O) groups excluding carboxylic acids is 1. The van der Waals surface area contributed by atoms with Gasteiger partial charge in [0, 0.05) is 24.1 Å². The van der Waals surface area contributed by atoms with Crippen molar-refractivity contribution >= 4 is 29.6 Å². The van der Waals surface area contributed by atoms with Crippen LogP contribution in [-0.4, -0.2) is 35.4 Å². The molecule has 0 heterocycles. The molecule has 0 saturated heterocycles. The Balaban J connectivity index is 2.29. The molecule has 0 unspecified atom stereocenters. The lowest BCUT2D eigenvalue weighted by molar-refractivity contribution is 0.0957. The fraction of sp³-hybridized carbons (Fsp3) is 0.391. The summed E-state index contributed by atoms with van der Waals surface area (Å²) in [6, 6.07) is 12.3. The van der Waals surface area contributed by atoms with Crippen molar-refractivity contribution in [2.24, 2.45) is 4.99 Å². The highest BCUT2D eigenvalue weighted by molar-refractivity contribution is 8.01. The summed E-state index contributed by atoms with van der Waals surface area (Å²) in [6.07, 6.45) is 1.83. The maximum atomic E-state index is 13.3. The van der Waals surface area contributed by atoms with Crippen molar-refractivity contribution in [3.05, 3.63) is 58.7 Å². The van der Waals surface area contributed by atoms with Gasteiger partial charge in [-0.1, -0.05) is 17.7 Å². The SMILES string of the molecule is CCN(C)/C=N\c1cc(C)c(C(=O)C(C)(C)Sc2cccc(C)c2)cc1C. The largest absolute Gasteiger partial charge is 0.366 e. The molecule has 0 bridgehead atoms. The Hall–Kier alpha value is -2.07. The van der Waals surface area contributed by atoms with E-state index < -0.39 is 4.75 Å². The number of rotatable bonds is 7. The Bertz CT molecular complexity index is 855. The molecule has 0 N–H and O–H groups in total. The molecule has 0 spiro atoms. The number of thioether (sulfide) groups is 1. The first-order valence-corrected chi connectivity index (χ1v) is 10.1. The molecule has 0 aliphatic rings. The Morgan fingerprint density at radius 1 is 1.15 bits per heavy atom. The van der Waals surface area contributed by atoms with Crippen LogP contribution in [0.2, 0.25) is 0 Å². The Morgan fingerprint density at radius 2 is 1.85 bits per heavy atom. The van der Waals surface area contributed by atoms with Gasteiger partial charge in [0.2, 0.25) is 0 Å². The van der Waals surface area contributed by atoms with E-state index in [-0.39, 0.29) is 5.78 Å². The normalized spacial score (nSPS) is 11.8. The minimum atomic E-state index is -0.543. The number of aliphatic imine (C=N–C) groups is 1. The predicted molar refractivity (Wildman–Crippen MR) is 118 cm³/mol. The highest BCUT2D eigenvalue weighted by Gasteiger charge is 2.31. The van der Waals surface area contributed by atoms with Gasteiger partial charge in [0.05, 0.1) is 16.8 Å². The van der Waals surface area contributed by atoms with Gasteiger partial charge in [-0.2, -0.15) is 0 Å². The topological polar surface area (TPSA) is 32.7 Å². The number of Topliss-reactive ketones (excluding diaryl/α,β-unsaturated/α-hetero) is 1. The lowest BCUT2D eigenvalue weighted by atomic mass is 9.94. The van der Waals surface area contributed by atoms with E-state index in [1.54, 1.807) is 11.8 Å². The van der Waals surface area contributed by atoms with Crippen LogP contribution < -0.4 is 0 Å². The maximum Gasteiger partial charge on any atom is 0.178 e. The zero-order valence-corrected chi connectivity index (χ0v) is 18.3. The average Bonchev–Trinajstić information content (AvgIpc) is 2.60. The van der Waals surface area contributed by atoms with Gasteiger partial charge >= 0.3 is 0 Å². The van der Waals surface area contributed by atoms with Crippen LogP contribution in [0.4, 0.5) is 5.69 Å². The lowest BCUT2D eigenvalue weighted by Gasteiger charge is -2.24. The van der Waals surface area contributed by atoms with Crippen molar-refractivity contribution in [1.82, 2.24) is 4.90 Å². The van der Waals surface area contributed by atoms with Crippen molar-refractivity contribution in [3.63, 3.8) is 0 Å². The molecule has 0 atom stereocenters. The van der Waals surface area contributed by atoms with Gasteiger partial charge in [0.1, 0.15) is 0 Å². The first-order chi connectivity index (χ1) is 12.6. The van der Waals surface area contributed by atoms with Crippen LogP contribution in [-0.2, 0) is 0 Å². The maximum absolute atomic E-state index is 13.3.